The van der Waals surface area contributed by atoms with E-state index >= 15 is 0 Å². The van der Waals surface area contributed by atoms with Crippen molar-refractivity contribution < 1.29 is 4.79 Å². The molecule has 20 heavy (non-hydrogen) atoms. The van der Waals surface area contributed by atoms with Crippen LogP contribution in [-0.4, -0.2) is 30.0 Å². The minimum Gasteiger partial charge on any atom is -0.382 e. The summed E-state index contributed by atoms with van der Waals surface area (Å²) in [4.78, 5) is 19.5. The largest absolute Gasteiger partial charge is 0.382 e. The topological polar surface area (TPSA) is 71.2 Å². The number of carbonyl (C=O) groups excluding carboxylic acids is 1. The Bertz CT molecular complexity index is 495. The molecule has 1 aromatic rings. The number of hydrogen-bond donors (Lipinski definition) is 2. The number of nitrogens with two attached hydrogens (primary N) is 1. The molecule has 2 fully saturated rings. The van der Waals surface area contributed by atoms with Gasteiger partial charge in [-0.25, -0.2) is 4.98 Å². The Morgan fingerprint density at radius 3 is 2.80 bits per heavy atom. The smallest absolute Gasteiger partial charge is 0.265 e. The standard InChI is InChI=1S/C14H22N4OS/c1-9-4-5-10(8-9)16-13(19)11-12(15)17-14(20-11)18-6-2-3-7-18/h9-10H,2-8,15H2,1H3,(H,16,19). The number of rotatable bonds is 3. The molecule has 0 bridgehead atoms. The molecule has 1 aliphatic heterocycles. The van der Waals surface area contributed by atoms with Crippen molar-refractivity contribution in [3.8, 4) is 0 Å². The second-order valence-corrected chi connectivity index (χ2v) is 6.97. The second kappa shape index (κ2) is 5.60. The van der Waals surface area contributed by atoms with Gasteiger partial charge in [-0.2, -0.15) is 0 Å². The van der Waals surface area contributed by atoms with Crippen LogP contribution in [-0.2, 0) is 0 Å². The van der Waals surface area contributed by atoms with E-state index in [1.807, 2.05) is 0 Å². The van der Waals surface area contributed by atoms with Gasteiger partial charge in [-0.15, -0.1) is 0 Å². The Morgan fingerprint density at radius 2 is 2.15 bits per heavy atom. The summed E-state index contributed by atoms with van der Waals surface area (Å²) >= 11 is 1.43. The summed E-state index contributed by atoms with van der Waals surface area (Å²) in [5, 5.41) is 4.00. The molecule has 2 aliphatic rings. The number of nitrogen functional groups attached to an aromatic ring is 1. The molecule has 2 atom stereocenters. The van der Waals surface area contributed by atoms with Gasteiger partial charge in [0, 0.05) is 19.1 Å². The summed E-state index contributed by atoms with van der Waals surface area (Å²) in [5.74, 6) is 1.03. The van der Waals surface area contributed by atoms with E-state index in [4.69, 9.17) is 5.73 Å². The van der Waals surface area contributed by atoms with Crippen molar-refractivity contribution in [3.63, 3.8) is 0 Å². The lowest BCUT2D eigenvalue weighted by atomic mass is 10.1. The van der Waals surface area contributed by atoms with E-state index in [-0.39, 0.29) is 5.91 Å². The monoisotopic (exact) mass is 294 g/mol. The average Bonchev–Trinajstić information content (AvgIpc) is 3.09. The molecule has 6 heteroatoms. The van der Waals surface area contributed by atoms with Crippen molar-refractivity contribution in [2.24, 2.45) is 5.92 Å². The molecule has 1 saturated heterocycles. The fourth-order valence-electron chi connectivity index (χ4n) is 3.12. The lowest BCUT2D eigenvalue weighted by Crippen LogP contribution is -2.32. The maximum Gasteiger partial charge on any atom is 0.265 e. The van der Waals surface area contributed by atoms with Gasteiger partial charge < -0.3 is 16.0 Å². The summed E-state index contributed by atoms with van der Waals surface area (Å²) in [6.45, 7) is 4.28. The van der Waals surface area contributed by atoms with Crippen molar-refractivity contribution in [3.05, 3.63) is 4.88 Å². The van der Waals surface area contributed by atoms with Crippen LogP contribution in [0.15, 0.2) is 0 Å². The van der Waals surface area contributed by atoms with Crippen LogP contribution < -0.4 is 16.0 Å². The lowest BCUT2D eigenvalue weighted by molar-refractivity contribution is 0.0942. The zero-order chi connectivity index (χ0) is 14.1. The molecule has 0 spiro atoms. The van der Waals surface area contributed by atoms with Crippen molar-refractivity contribution >= 4 is 28.2 Å². The van der Waals surface area contributed by atoms with Gasteiger partial charge in [-0.1, -0.05) is 18.3 Å². The van der Waals surface area contributed by atoms with Crippen LogP contribution >= 0.6 is 11.3 Å². The molecule has 1 aromatic heterocycles. The van der Waals surface area contributed by atoms with E-state index in [0.717, 1.165) is 31.1 Å². The average molecular weight is 294 g/mol. The van der Waals surface area contributed by atoms with Gasteiger partial charge in [0.2, 0.25) is 0 Å². The first kappa shape index (κ1) is 13.7. The van der Waals surface area contributed by atoms with Crippen LogP contribution in [0.25, 0.3) is 0 Å². The third-order valence-electron chi connectivity index (χ3n) is 4.25. The Labute approximate surface area is 123 Å². The van der Waals surface area contributed by atoms with Gasteiger partial charge in [0.25, 0.3) is 5.91 Å². The highest BCUT2D eigenvalue weighted by Crippen LogP contribution is 2.31. The quantitative estimate of drug-likeness (QED) is 0.897. The Morgan fingerprint density at radius 1 is 1.40 bits per heavy atom. The van der Waals surface area contributed by atoms with E-state index < -0.39 is 0 Å². The number of thiazole rings is 1. The number of carbonyl (C=O) groups is 1. The van der Waals surface area contributed by atoms with Crippen molar-refractivity contribution in [1.29, 1.82) is 0 Å². The third-order valence-corrected chi connectivity index (χ3v) is 5.39. The molecule has 1 amide bonds. The fourth-order valence-corrected chi connectivity index (χ4v) is 4.06. The first-order valence-electron chi connectivity index (χ1n) is 7.45. The van der Waals surface area contributed by atoms with Gasteiger partial charge in [-0.05, 0) is 38.0 Å². The maximum atomic E-state index is 12.3. The normalized spacial score (nSPS) is 26.1. The number of amides is 1. The molecular weight excluding hydrogens is 272 g/mol. The molecule has 0 radical (unpaired) electrons. The minimum absolute atomic E-state index is 0.0513. The van der Waals surface area contributed by atoms with E-state index in [1.165, 1.54) is 30.6 Å². The van der Waals surface area contributed by atoms with Crippen LogP contribution in [0.3, 0.4) is 0 Å². The molecule has 0 aromatic carbocycles. The Hall–Kier alpha value is -1.30. The minimum atomic E-state index is -0.0513. The highest BCUT2D eigenvalue weighted by Gasteiger charge is 2.26. The molecule has 1 aliphatic carbocycles. The molecule has 5 nitrogen and oxygen atoms in total. The molecular formula is C14H22N4OS. The number of hydrogen-bond acceptors (Lipinski definition) is 5. The van der Waals surface area contributed by atoms with Crippen molar-refractivity contribution in [2.45, 2.75) is 45.1 Å². The third kappa shape index (κ3) is 2.75. The van der Waals surface area contributed by atoms with E-state index in [9.17, 15) is 4.79 Å². The van der Waals surface area contributed by atoms with Crippen molar-refractivity contribution in [2.75, 3.05) is 23.7 Å². The molecule has 2 heterocycles. The number of aromatic nitrogens is 1. The molecule has 1 saturated carbocycles. The SMILES string of the molecule is CC1CCC(NC(=O)c2sc(N3CCCC3)nc2N)C1. The van der Waals surface area contributed by atoms with Crippen LogP contribution in [0, 0.1) is 5.92 Å². The number of nitrogens with zero attached hydrogens (tertiary/aromatic N) is 2. The van der Waals surface area contributed by atoms with E-state index in [0.29, 0.717) is 22.7 Å². The molecule has 110 valence electrons. The van der Waals surface area contributed by atoms with Crippen LogP contribution in [0.4, 0.5) is 10.9 Å². The lowest BCUT2D eigenvalue weighted by Gasteiger charge is -2.12. The molecule has 3 rings (SSSR count). The highest BCUT2D eigenvalue weighted by atomic mass is 32.1. The predicted octanol–water partition coefficient (Wildman–Crippen LogP) is 2.24. The van der Waals surface area contributed by atoms with Gasteiger partial charge in [0.15, 0.2) is 5.13 Å². The van der Waals surface area contributed by atoms with E-state index in [2.05, 4.69) is 22.1 Å². The van der Waals surface area contributed by atoms with Crippen molar-refractivity contribution in [1.82, 2.24) is 10.3 Å². The van der Waals surface area contributed by atoms with Gasteiger partial charge >= 0.3 is 0 Å². The summed E-state index contributed by atoms with van der Waals surface area (Å²) in [5.41, 5.74) is 5.92. The summed E-state index contributed by atoms with van der Waals surface area (Å²) in [6, 6.07) is 0.300. The maximum absolute atomic E-state index is 12.3. The first-order chi connectivity index (χ1) is 9.63. The van der Waals surface area contributed by atoms with Gasteiger partial charge in [-0.3, -0.25) is 4.79 Å². The number of nitrogens with one attached hydrogen (secondary N) is 1. The van der Waals surface area contributed by atoms with Crippen LogP contribution in [0.5, 0.6) is 0 Å². The predicted molar refractivity (Wildman–Crippen MR) is 82.2 cm³/mol. The zero-order valence-corrected chi connectivity index (χ0v) is 12.7. The first-order valence-corrected chi connectivity index (χ1v) is 8.27. The molecule has 2 unspecified atom stereocenters. The Kier molecular flexibility index (Phi) is 3.83. The zero-order valence-electron chi connectivity index (χ0n) is 11.9. The summed E-state index contributed by atoms with van der Waals surface area (Å²) < 4.78 is 0. The fraction of sp³-hybridized carbons (Fsp3) is 0.714. The number of anilines is 2. The Balaban J connectivity index is 1.68. The highest BCUT2D eigenvalue weighted by molar-refractivity contribution is 7.18. The van der Waals surface area contributed by atoms with Crippen LogP contribution in [0.1, 0.15) is 48.7 Å². The van der Waals surface area contributed by atoms with Crippen LogP contribution in [0.2, 0.25) is 0 Å². The van der Waals surface area contributed by atoms with E-state index in [1.54, 1.807) is 0 Å². The second-order valence-electron chi connectivity index (χ2n) is 5.99. The van der Waals surface area contributed by atoms with Gasteiger partial charge in [0.1, 0.15) is 10.7 Å². The summed E-state index contributed by atoms with van der Waals surface area (Å²) in [7, 11) is 0. The van der Waals surface area contributed by atoms with Gasteiger partial charge in [0.05, 0.1) is 0 Å². The summed E-state index contributed by atoms with van der Waals surface area (Å²) in [6.07, 6.45) is 5.73. The molecule has 3 N–H and O–H groups in total.